The maximum Gasteiger partial charge on any atom is 0.217 e. The third kappa shape index (κ3) is 4.81. The molecule has 1 aliphatic rings. The average molecular weight is 514 g/mol. The van der Waals surface area contributed by atoms with Crippen molar-refractivity contribution >= 4 is 23.2 Å². The molecule has 0 radical (unpaired) electrons. The zero-order valence-corrected chi connectivity index (χ0v) is 21.2. The molecule has 0 aliphatic heterocycles. The van der Waals surface area contributed by atoms with Crippen LogP contribution in [0.5, 0.6) is 0 Å². The second-order valence-corrected chi connectivity index (χ2v) is 10.3. The number of aromatic nitrogens is 4. The number of pyridine rings is 1. The van der Waals surface area contributed by atoms with Crippen LogP contribution in [-0.4, -0.2) is 31.3 Å². The maximum atomic E-state index is 13.7. The highest BCUT2D eigenvalue weighted by Crippen LogP contribution is 2.38. The predicted octanol–water partition coefficient (Wildman–Crippen LogP) is 5.16. The van der Waals surface area contributed by atoms with Gasteiger partial charge in [0, 0.05) is 45.8 Å². The van der Waals surface area contributed by atoms with Crippen LogP contribution >= 0.6 is 11.8 Å². The van der Waals surface area contributed by atoms with Gasteiger partial charge in [-0.15, -0.1) is 0 Å². The summed E-state index contributed by atoms with van der Waals surface area (Å²) >= 11 is 1.30. The second-order valence-electron chi connectivity index (χ2n) is 9.20. The van der Waals surface area contributed by atoms with Crippen LogP contribution in [0.1, 0.15) is 55.5 Å². The third-order valence-electron chi connectivity index (χ3n) is 6.78. The van der Waals surface area contributed by atoms with Crippen molar-refractivity contribution in [2.75, 3.05) is 0 Å². The Hall–Kier alpha value is -4.15. The van der Waals surface area contributed by atoms with Crippen molar-refractivity contribution in [3.8, 4) is 23.3 Å². The first-order valence-electron chi connectivity index (χ1n) is 12.0. The maximum absolute atomic E-state index is 13.7. The summed E-state index contributed by atoms with van der Waals surface area (Å²) in [5.74, 6) is -0.471. The zero-order chi connectivity index (χ0) is 26.1. The van der Waals surface area contributed by atoms with Gasteiger partial charge in [0.1, 0.15) is 18.0 Å². The van der Waals surface area contributed by atoms with E-state index < -0.39 is 5.82 Å². The van der Waals surface area contributed by atoms with Gasteiger partial charge < -0.3 is 5.32 Å². The fourth-order valence-electron chi connectivity index (χ4n) is 5.02. The first kappa shape index (κ1) is 24.5. The molecule has 186 valence electrons. The lowest BCUT2D eigenvalue weighted by atomic mass is 9.91. The van der Waals surface area contributed by atoms with E-state index >= 15 is 0 Å². The Labute approximate surface area is 217 Å². The topological polar surface area (TPSA) is 112 Å². The highest BCUT2D eigenvalue weighted by Gasteiger charge is 2.25. The zero-order valence-electron chi connectivity index (χ0n) is 20.4. The molecule has 1 aromatic carbocycles. The van der Waals surface area contributed by atoms with Crippen LogP contribution in [0.15, 0.2) is 52.6 Å². The van der Waals surface area contributed by atoms with Crippen molar-refractivity contribution in [1.82, 2.24) is 24.7 Å². The molecule has 0 unspecified atom stereocenters. The normalized spacial score (nSPS) is 17.3. The molecule has 1 saturated carbocycles. The molecule has 1 amide bonds. The van der Waals surface area contributed by atoms with Gasteiger partial charge in [0.2, 0.25) is 5.91 Å². The fourth-order valence-corrected chi connectivity index (χ4v) is 6.09. The Kier molecular flexibility index (Phi) is 6.68. The first-order valence-corrected chi connectivity index (χ1v) is 12.8. The molecule has 37 heavy (non-hydrogen) atoms. The second kappa shape index (κ2) is 10.1. The molecule has 4 aromatic rings. The summed E-state index contributed by atoms with van der Waals surface area (Å²) in [6.45, 7) is 3.59. The van der Waals surface area contributed by atoms with E-state index in [1.54, 1.807) is 17.5 Å². The number of rotatable bonds is 5. The Morgan fingerprint density at radius 1 is 1.08 bits per heavy atom. The van der Waals surface area contributed by atoms with E-state index in [1.165, 1.54) is 30.1 Å². The molecule has 0 bridgehead atoms. The van der Waals surface area contributed by atoms with Crippen LogP contribution in [0.3, 0.4) is 0 Å². The van der Waals surface area contributed by atoms with Crippen molar-refractivity contribution in [2.45, 2.75) is 61.4 Å². The monoisotopic (exact) mass is 513 g/mol. The minimum atomic E-state index is -0.476. The van der Waals surface area contributed by atoms with E-state index in [-0.39, 0.29) is 23.6 Å². The Morgan fingerprint density at radius 3 is 2.54 bits per heavy atom. The number of nitrogens with zero attached hydrogens (tertiary/aromatic N) is 6. The van der Waals surface area contributed by atoms with Crippen molar-refractivity contribution < 1.29 is 9.18 Å². The molecule has 0 atom stereocenters. The van der Waals surface area contributed by atoms with Crippen LogP contribution in [0.25, 0.3) is 16.6 Å². The third-order valence-corrected chi connectivity index (χ3v) is 7.89. The standard InChI is InChI=1S/C27H24FN7OS/c1-16-24(14-32-35(16)23-6-4-22(5-7-23)33-17(2)36)19-10-26(27-20(12-30)13-31-34(27)15-19)37-25-8-3-21(28)9-18(25)11-29/h3,8-10,13-15,22-23H,4-7H2,1-2H3,(H,33,36). The van der Waals surface area contributed by atoms with E-state index in [4.69, 9.17) is 5.10 Å². The highest BCUT2D eigenvalue weighted by atomic mass is 32.2. The van der Waals surface area contributed by atoms with Crippen LogP contribution in [0.4, 0.5) is 4.39 Å². The summed E-state index contributed by atoms with van der Waals surface area (Å²) in [6.07, 6.45) is 8.92. The van der Waals surface area contributed by atoms with Gasteiger partial charge in [-0.25, -0.2) is 8.91 Å². The minimum absolute atomic E-state index is 0.00535. The summed E-state index contributed by atoms with van der Waals surface area (Å²) in [6, 6.07) is 10.8. The number of nitrogens with one attached hydrogen (secondary N) is 1. The molecule has 10 heteroatoms. The molecule has 0 spiro atoms. The van der Waals surface area contributed by atoms with Gasteiger partial charge >= 0.3 is 0 Å². The summed E-state index contributed by atoms with van der Waals surface area (Å²) in [5, 5.41) is 31.3. The van der Waals surface area contributed by atoms with E-state index in [9.17, 15) is 19.7 Å². The van der Waals surface area contributed by atoms with Crippen molar-refractivity contribution in [2.24, 2.45) is 0 Å². The van der Waals surface area contributed by atoms with Gasteiger partial charge in [0.15, 0.2) is 0 Å². The summed E-state index contributed by atoms with van der Waals surface area (Å²) in [5.41, 5.74) is 4.11. The molecular weight excluding hydrogens is 489 g/mol. The number of fused-ring (bicyclic) bond motifs is 1. The number of halogens is 1. The van der Waals surface area contributed by atoms with Gasteiger partial charge in [0.25, 0.3) is 0 Å². The quantitative estimate of drug-likeness (QED) is 0.395. The van der Waals surface area contributed by atoms with Crippen molar-refractivity contribution in [3.63, 3.8) is 0 Å². The SMILES string of the molecule is CC(=O)NC1CCC(n2ncc(-c3cc(Sc4ccc(F)cc4C#N)c4c(C#N)cnn4c3)c2C)CC1. The number of amides is 1. The minimum Gasteiger partial charge on any atom is -0.354 e. The average Bonchev–Trinajstić information content (AvgIpc) is 3.48. The molecule has 1 aliphatic carbocycles. The Morgan fingerprint density at radius 2 is 1.84 bits per heavy atom. The number of carbonyl (C=O) groups is 1. The van der Waals surface area contributed by atoms with E-state index in [0.717, 1.165) is 47.4 Å². The number of nitriles is 2. The highest BCUT2D eigenvalue weighted by molar-refractivity contribution is 7.99. The summed E-state index contributed by atoms with van der Waals surface area (Å²) < 4.78 is 17.4. The predicted molar refractivity (Wildman–Crippen MR) is 136 cm³/mol. The molecule has 8 nitrogen and oxygen atoms in total. The van der Waals surface area contributed by atoms with Gasteiger partial charge in [-0.1, -0.05) is 11.8 Å². The van der Waals surface area contributed by atoms with E-state index in [0.29, 0.717) is 16.0 Å². The number of benzene rings is 1. The lowest BCUT2D eigenvalue weighted by Gasteiger charge is -2.29. The Bertz CT molecular complexity index is 1580. The van der Waals surface area contributed by atoms with Crippen LogP contribution < -0.4 is 5.32 Å². The van der Waals surface area contributed by atoms with Crippen LogP contribution in [-0.2, 0) is 4.79 Å². The molecule has 3 heterocycles. The van der Waals surface area contributed by atoms with Crippen molar-refractivity contribution in [3.05, 3.63) is 65.5 Å². The molecule has 3 aromatic heterocycles. The fraction of sp³-hybridized carbons (Fsp3) is 0.296. The number of carbonyl (C=O) groups excluding carboxylic acids is 1. The number of hydrogen-bond acceptors (Lipinski definition) is 6. The first-order chi connectivity index (χ1) is 17.9. The van der Waals surface area contributed by atoms with E-state index in [2.05, 4.69) is 27.2 Å². The lowest BCUT2D eigenvalue weighted by Crippen LogP contribution is -2.36. The largest absolute Gasteiger partial charge is 0.354 e. The summed E-state index contributed by atoms with van der Waals surface area (Å²) in [7, 11) is 0. The molecular formula is C27H24FN7OS. The van der Waals surface area contributed by atoms with Crippen LogP contribution in [0, 0.1) is 35.4 Å². The molecule has 1 fully saturated rings. The summed E-state index contributed by atoms with van der Waals surface area (Å²) in [4.78, 5) is 12.7. The van der Waals surface area contributed by atoms with Crippen molar-refractivity contribution in [1.29, 1.82) is 10.5 Å². The van der Waals surface area contributed by atoms with E-state index in [1.807, 2.05) is 25.4 Å². The van der Waals surface area contributed by atoms with Gasteiger partial charge in [-0.05, 0) is 56.9 Å². The Balaban J connectivity index is 1.51. The molecule has 0 saturated heterocycles. The van der Waals surface area contributed by atoms with Gasteiger partial charge in [0.05, 0.1) is 35.1 Å². The smallest absolute Gasteiger partial charge is 0.217 e. The number of hydrogen-bond donors (Lipinski definition) is 1. The molecule has 5 rings (SSSR count). The van der Waals surface area contributed by atoms with Gasteiger partial charge in [-0.3, -0.25) is 9.48 Å². The molecule has 1 N–H and O–H groups in total. The lowest BCUT2D eigenvalue weighted by molar-refractivity contribution is -0.119. The van der Waals surface area contributed by atoms with Crippen LogP contribution in [0.2, 0.25) is 0 Å². The van der Waals surface area contributed by atoms with Gasteiger partial charge in [-0.2, -0.15) is 20.7 Å².